The fraction of sp³-hybridized carbons (Fsp3) is 0.357. The van der Waals surface area contributed by atoms with Crippen molar-refractivity contribution in [3.63, 3.8) is 0 Å². The van der Waals surface area contributed by atoms with E-state index in [2.05, 4.69) is 4.98 Å². The number of nitrogens with zero attached hydrogens (tertiary/aromatic N) is 1. The second-order valence-electron chi connectivity index (χ2n) is 4.49. The Morgan fingerprint density at radius 2 is 2.05 bits per heavy atom. The topological polar surface area (TPSA) is 69.4 Å². The number of hydrogen-bond donors (Lipinski definition) is 0. The lowest BCUT2D eigenvalue weighted by Gasteiger charge is -2.14. The van der Waals surface area contributed by atoms with Crippen LogP contribution in [0.5, 0.6) is 5.75 Å². The van der Waals surface area contributed by atoms with Gasteiger partial charge in [-0.15, -0.1) is 0 Å². The van der Waals surface area contributed by atoms with Crippen LogP contribution in [0.15, 0.2) is 21.3 Å². The lowest BCUT2D eigenvalue weighted by atomic mass is 10.2. The van der Waals surface area contributed by atoms with Gasteiger partial charge in [0.25, 0.3) is 0 Å². The highest BCUT2D eigenvalue weighted by molar-refractivity contribution is 5.81. The molecule has 0 aliphatic heterocycles. The van der Waals surface area contributed by atoms with E-state index in [4.69, 9.17) is 9.15 Å². The summed E-state index contributed by atoms with van der Waals surface area (Å²) >= 11 is 0. The molecule has 0 bridgehead atoms. The molecule has 0 spiro atoms. The average molecular weight is 261 g/mol. The summed E-state index contributed by atoms with van der Waals surface area (Å²) in [6.45, 7) is 6.51. The van der Waals surface area contributed by atoms with E-state index in [1.807, 2.05) is 0 Å². The number of carbonyl (C=O) groups excluding carboxylic acids is 1. The van der Waals surface area contributed by atoms with Crippen molar-refractivity contribution in [2.24, 2.45) is 0 Å². The van der Waals surface area contributed by atoms with Crippen molar-refractivity contribution in [2.75, 3.05) is 0 Å². The van der Waals surface area contributed by atoms with Gasteiger partial charge in [-0.25, -0.2) is 9.78 Å². The van der Waals surface area contributed by atoms with Crippen molar-refractivity contribution < 1.29 is 13.9 Å². The van der Waals surface area contributed by atoms with E-state index in [9.17, 15) is 9.59 Å². The Labute approximate surface area is 110 Å². The number of rotatable bonds is 3. The first-order chi connectivity index (χ1) is 8.90. The minimum absolute atomic E-state index is 0.0667. The number of aryl methyl sites for hydroxylation is 2. The molecule has 1 aromatic carbocycles. The monoisotopic (exact) mass is 261 g/mol. The lowest BCUT2D eigenvalue weighted by Crippen LogP contribution is -2.21. The number of ketones is 1. The van der Waals surface area contributed by atoms with Gasteiger partial charge >= 0.3 is 5.63 Å². The van der Waals surface area contributed by atoms with Crippen LogP contribution in [-0.4, -0.2) is 16.9 Å². The molecule has 19 heavy (non-hydrogen) atoms. The van der Waals surface area contributed by atoms with Gasteiger partial charge in [0.1, 0.15) is 17.0 Å². The summed E-state index contributed by atoms with van der Waals surface area (Å²) in [6, 6.07) is 3.43. The molecule has 1 heterocycles. The van der Waals surface area contributed by atoms with Gasteiger partial charge in [-0.05, 0) is 39.8 Å². The summed E-state index contributed by atoms with van der Waals surface area (Å²) in [5, 5.41) is 0. The summed E-state index contributed by atoms with van der Waals surface area (Å²) < 4.78 is 10.8. The molecule has 1 atom stereocenters. The highest BCUT2D eigenvalue weighted by atomic mass is 16.5. The van der Waals surface area contributed by atoms with E-state index < -0.39 is 11.7 Å². The smallest absolute Gasteiger partial charge is 0.357 e. The van der Waals surface area contributed by atoms with E-state index in [1.54, 1.807) is 32.9 Å². The summed E-state index contributed by atoms with van der Waals surface area (Å²) in [6.07, 6.45) is -0.540. The van der Waals surface area contributed by atoms with Crippen LogP contribution in [0.1, 0.15) is 25.1 Å². The summed E-state index contributed by atoms with van der Waals surface area (Å²) in [5.41, 5.74) is 1.50. The van der Waals surface area contributed by atoms with Crippen LogP contribution in [0.4, 0.5) is 0 Å². The first-order valence-corrected chi connectivity index (χ1v) is 5.98. The van der Waals surface area contributed by atoms with Gasteiger partial charge < -0.3 is 9.15 Å². The molecule has 0 saturated heterocycles. The number of hydrogen-bond acceptors (Lipinski definition) is 5. The number of ether oxygens (including phenoxy) is 1. The van der Waals surface area contributed by atoms with Gasteiger partial charge in [0.2, 0.25) is 0 Å². The molecule has 0 aliphatic carbocycles. The van der Waals surface area contributed by atoms with Crippen LogP contribution in [0.25, 0.3) is 11.1 Å². The Hall–Kier alpha value is -2.17. The van der Waals surface area contributed by atoms with Crippen LogP contribution in [0.2, 0.25) is 0 Å². The summed E-state index contributed by atoms with van der Waals surface area (Å²) in [7, 11) is 0. The molecule has 1 unspecified atom stereocenters. The Morgan fingerprint density at radius 1 is 1.37 bits per heavy atom. The van der Waals surface area contributed by atoms with E-state index in [1.165, 1.54) is 6.92 Å². The zero-order valence-electron chi connectivity index (χ0n) is 11.3. The highest BCUT2D eigenvalue weighted by Gasteiger charge is 2.14. The third-order valence-electron chi connectivity index (χ3n) is 2.99. The maximum absolute atomic E-state index is 11.5. The van der Waals surface area contributed by atoms with Gasteiger partial charge in [0, 0.05) is 5.56 Å². The summed E-state index contributed by atoms with van der Waals surface area (Å²) in [5.74, 6) is 0.451. The molecule has 0 aliphatic rings. The lowest BCUT2D eigenvalue weighted by molar-refractivity contribution is -0.122. The highest BCUT2D eigenvalue weighted by Crippen LogP contribution is 2.26. The minimum atomic E-state index is -0.540. The zero-order chi connectivity index (χ0) is 14.2. The van der Waals surface area contributed by atoms with Crippen molar-refractivity contribution in [3.05, 3.63) is 33.8 Å². The van der Waals surface area contributed by atoms with Crippen molar-refractivity contribution in [2.45, 2.75) is 33.8 Å². The standard InChI is InChI=1S/C14H15NO4/c1-7-12(18-10(4)9(3)16)6-5-11-13(7)19-14(17)8(2)15-11/h5-6,10H,1-4H3. The molecule has 0 radical (unpaired) electrons. The van der Waals surface area contributed by atoms with E-state index in [-0.39, 0.29) is 5.78 Å². The molecule has 5 nitrogen and oxygen atoms in total. The Kier molecular flexibility index (Phi) is 3.38. The largest absolute Gasteiger partial charge is 0.483 e. The molecule has 5 heteroatoms. The van der Waals surface area contributed by atoms with Crippen LogP contribution >= 0.6 is 0 Å². The van der Waals surface area contributed by atoms with Gasteiger partial charge in [-0.2, -0.15) is 0 Å². The Morgan fingerprint density at radius 3 is 2.68 bits per heavy atom. The second-order valence-corrected chi connectivity index (χ2v) is 4.49. The maximum Gasteiger partial charge on any atom is 0.357 e. The second kappa shape index (κ2) is 4.84. The third-order valence-corrected chi connectivity index (χ3v) is 2.99. The van der Waals surface area contributed by atoms with Crippen molar-refractivity contribution in [1.29, 1.82) is 0 Å². The third kappa shape index (κ3) is 2.50. The maximum atomic E-state index is 11.5. The average Bonchev–Trinajstić information content (AvgIpc) is 2.35. The fourth-order valence-electron chi connectivity index (χ4n) is 1.67. The SMILES string of the molecule is CC(=O)C(C)Oc1ccc2nc(C)c(=O)oc2c1C. The normalized spacial score (nSPS) is 12.4. The molecule has 0 fully saturated rings. The molecular formula is C14H15NO4. The number of fused-ring (bicyclic) bond motifs is 1. The van der Waals surface area contributed by atoms with Crippen LogP contribution in [0, 0.1) is 13.8 Å². The number of benzene rings is 1. The molecular weight excluding hydrogens is 246 g/mol. The van der Waals surface area contributed by atoms with Gasteiger partial charge in [0.05, 0.1) is 0 Å². The number of aromatic nitrogens is 1. The zero-order valence-corrected chi connectivity index (χ0v) is 11.3. The first-order valence-electron chi connectivity index (χ1n) is 5.98. The quantitative estimate of drug-likeness (QED) is 0.846. The first kappa shape index (κ1) is 13.3. The van der Waals surface area contributed by atoms with E-state index in [0.29, 0.717) is 28.1 Å². The Balaban J connectivity index is 2.54. The van der Waals surface area contributed by atoms with Crippen molar-refractivity contribution in [1.82, 2.24) is 4.98 Å². The van der Waals surface area contributed by atoms with Gasteiger partial charge in [-0.3, -0.25) is 4.79 Å². The molecule has 1 aromatic heterocycles. The van der Waals surface area contributed by atoms with Crippen LogP contribution < -0.4 is 10.4 Å². The molecule has 100 valence electrons. The summed E-state index contributed by atoms with van der Waals surface area (Å²) in [4.78, 5) is 26.9. The van der Waals surface area contributed by atoms with Gasteiger partial charge in [-0.1, -0.05) is 0 Å². The molecule has 0 N–H and O–H groups in total. The predicted octanol–water partition coefficient (Wildman–Crippen LogP) is 2.16. The number of Topliss-reactive ketones (excluding diaryl/α,β-unsaturated/α-hetero) is 1. The predicted molar refractivity (Wildman–Crippen MR) is 70.5 cm³/mol. The van der Waals surface area contributed by atoms with E-state index >= 15 is 0 Å². The van der Waals surface area contributed by atoms with Crippen LogP contribution in [0.3, 0.4) is 0 Å². The minimum Gasteiger partial charge on any atom is -0.483 e. The molecule has 2 rings (SSSR count). The number of carbonyl (C=O) groups is 1. The Bertz CT molecular complexity index is 702. The van der Waals surface area contributed by atoms with E-state index in [0.717, 1.165) is 0 Å². The molecule has 0 saturated carbocycles. The molecule has 0 amide bonds. The van der Waals surface area contributed by atoms with Crippen molar-refractivity contribution >= 4 is 16.9 Å². The fourth-order valence-corrected chi connectivity index (χ4v) is 1.67. The van der Waals surface area contributed by atoms with Crippen LogP contribution in [-0.2, 0) is 4.79 Å². The van der Waals surface area contributed by atoms with Gasteiger partial charge in [0.15, 0.2) is 17.5 Å². The van der Waals surface area contributed by atoms with Crippen molar-refractivity contribution in [3.8, 4) is 5.75 Å². The molecule has 2 aromatic rings.